The van der Waals surface area contributed by atoms with Crippen LogP contribution in [0.4, 0.5) is 5.69 Å². The highest BCUT2D eigenvalue weighted by molar-refractivity contribution is 6.05. The van der Waals surface area contributed by atoms with Gasteiger partial charge in [-0.05, 0) is 64.3 Å². The summed E-state index contributed by atoms with van der Waals surface area (Å²) in [4.78, 5) is 54.5. The van der Waals surface area contributed by atoms with E-state index < -0.39 is 23.8 Å². The number of carbonyl (C=O) groups excluding carboxylic acids is 4. The predicted octanol–water partition coefficient (Wildman–Crippen LogP) is 3.62. The number of aromatic nitrogens is 1. The molecule has 2 heterocycles. The molecule has 1 aromatic carbocycles. The lowest BCUT2D eigenvalue weighted by atomic mass is 10.0. The first-order chi connectivity index (χ1) is 14.5. The van der Waals surface area contributed by atoms with E-state index in [0.29, 0.717) is 16.8 Å². The molecule has 31 heavy (non-hydrogen) atoms. The Hall–Kier alpha value is -3.22. The maximum absolute atomic E-state index is 12.8. The molecule has 2 atom stereocenters. The lowest BCUT2D eigenvalue weighted by Crippen LogP contribution is -2.31. The SMILES string of the molecule is CC(=O)c1c(C)[nH]c(C(=O)[C@H](C)OC(=O)[C@@H]2CC(=O)N(c3cccc(C)c3C)C2)c1C. The lowest BCUT2D eigenvalue weighted by molar-refractivity contribution is -0.151. The topological polar surface area (TPSA) is 96.5 Å². The molecule has 164 valence electrons. The molecule has 1 aromatic heterocycles. The van der Waals surface area contributed by atoms with Crippen LogP contribution in [0.5, 0.6) is 0 Å². The molecule has 1 aliphatic heterocycles. The van der Waals surface area contributed by atoms with Crippen LogP contribution in [0.25, 0.3) is 0 Å². The summed E-state index contributed by atoms with van der Waals surface area (Å²) in [5, 5.41) is 0. The largest absolute Gasteiger partial charge is 0.454 e. The molecule has 0 unspecified atom stereocenters. The molecule has 0 saturated carbocycles. The number of hydrogen-bond acceptors (Lipinski definition) is 5. The highest BCUT2D eigenvalue weighted by Crippen LogP contribution is 2.30. The Labute approximate surface area is 181 Å². The van der Waals surface area contributed by atoms with E-state index in [0.717, 1.165) is 16.8 Å². The van der Waals surface area contributed by atoms with Crippen LogP contribution in [0, 0.1) is 33.6 Å². The van der Waals surface area contributed by atoms with E-state index in [-0.39, 0.29) is 30.3 Å². The van der Waals surface area contributed by atoms with E-state index in [1.807, 2.05) is 32.0 Å². The van der Waals surface area contributed by atoms with Crippen LogP contribution < -0.4 is 4.90 Å². The Kier molecular flexibility index (Phi) is 6.15. The van der Waals surface area contributed by atoms with Gasteiger partial charge in [0.2, 0.25) is 11.7 Å². The van der Waals surface area contributed by atoms with E-state index in [2.05, 4.69) is 4.98 Å². The van der Waals surface area contributed by atoms with E-state index in [4.69, 9.17) is 4.74 Å². The molecule has 3 rings (SSSR count). The molecule has 1 amide bonds. The van der Waals surface area contributed by atoms with Gasteiger partial charge in [-0.3, -0.25) is 19.2 Å². The number of anilines is 1. The average molecular weight is 424 g/mol. The average Bonchev–Trinajstić information content (AvgIpc) is 3.22. The van der Waals surface area contributed by atoms with Crippen molar-refractivity contribution in [2.75, 3.05) is 11.4 Å². The zero-order valence-corrected chi connectivity index (χ0v) is 18.8. The summed E-state index contributed by atoms with van der Waals surface area (Å²) in [6.07, 6.45) is -0.990. The van der Waals surface area contributed by atoms with Crippen LogP contribution in [-0.2, 0) is 14.3 Å². The minimum absolute atomic E-state index is 0.0439. The van der Waals surface area contributed by atoms with Gasteiger partial charge in [0, 0.05) is 29.9 Å². The summed E-state index contributed by atoms with van der Waals surface area (Å²) < 4.78 is 5.43. The van der Waals surface area contributed by atoms with Gasteiger partial charge in [-0.2, -0.15) is 0 Å². The molecular formula is C24H28N2O5. The van der Waals surface area contributed by atoms with Crippen molar-refractivity contribution in [2.45, 2.75) is 54.1 Å². The van der Waals surface area contributed by atoms with Crippen molar-refractivity contribution in [3.05, 3.63) is 51.8 Å². The Morgan fingerprint density at radius 3 is 2.42 bits per heavy atom. The fourth-order valence-electron chi connectivity index (χ4n) is 4.18. The number of hydrogen-bond donors (Lipinski definition) is 1. The first-order valence-corrected chi connectivity index (χ1v) is 10.3. The second kappa shape index (κ2) is 8.49. The van der Waals surface area contributed by atoms with E-state index in [9.17, 15) is 19.2 Å². The van der Waals surface area contributed by atoms with Crippen molar-refractivity contribution in [1.29, 1.82) is 0 Å². The second-order valence-corrected chi connectivity index (χ2v) is 8.25. The van der Waals surface area contributed by atoms with Gasteiger partial charge in [-0.1, -0.05) is 12.1 Å². The third-order valence-corrected chi connectivity index (χ3v) is 6.02. The standard InChI is InChI=1S/C24H28N2O5/c1-12-8-7-9-19(13(12)2)26-11-18(10-20(26)28)24(30)31-17(6)23(29)22-14(3)21(16(5)27)15(4)25-22/h7-9,17-18,25H,10-11H2,1-6H3/t17-,18+/m0/s1. The number of H-pyrrole nitrogens is 1. The third-order valence-electron chi connectivity index (χ3n) is 6.02. The van der Waals surface area contributed by atoms with Crippen molar-refractivity contribution in [1.82, 2.24) is 4.98 Å². The number of ketones is 2. The number of nitrogens with one attached hydrogen (secondary N) is 1. The molecular weight excluding hydrogens is 396 g/mol. The van der Waals surface area contributed by atoms with Gasteiger partial charge in [-0.15, -0.1) is 0 Å². The summed E-state index contributed by atoms with van der Waals surface area (Å²) in [6, 6.07) is 5.72. The van der Waals surface area contributed by atoms with Crippen LogP contribution in [0.1, 0.15) is 63.5 Å². The van der Waals surface area contributed by atoms with Gasteiger partial charge in [0.1, 0.15) is 0 Å². The molecule has 2 aromatic rings. The quantitative estimate of drug-likeness (QED) is 0.564. The van der Waals surface area contributed by atoms with Gasteiger partial charge >= 0.3 is 5.97 Å². The Bertz CT molecular complexity index is 1080. The molecule has 1 aliphatic rings. The number of Topliss-reactive ketones (excluding diaryl/α,β-unsaturated/α-hetero) is 2. The van der Waals surface area contributed by atoms with Crippen molar-refractivity contribution < 1.29 is 23.9 Å². The number of benzene rings is 1. The summed E-state index contributed by atoms with van der Waals surface area (Å²) in [5.41, 5.74) is 4.76. The summed E-state index contributed by atoms with van der Waals surface area (Å²) in [5.74, 6) is -1.89. The fourth-order valence-corrected chi connectivity index (χ4v) is 4.18. The minimum atomic E-state index is -1.03. The Morgan fingerprint density at radius 2 is 1.81 bits per heavy atom. The van der Waals surface area contributed by atoms with Gasteiger partial charge < -0.3 is 14.6 Å². The number of aryl methyl sites for hydroxylation is 2. The molecule has 0 aliphatic carbocycles. The lowest BCUT2D eigenvalue weighted by Gasteiger charge is -2.20. The molecule has 1 fully saturated rings. The fraction of sp³-hybridized carbons (Fsp3) is 0.417. The van der Waals surface area contributed by atoms with E-state index in [1.54, 1.807) is 18.7 Å². The number of esters is 1. The first kappa shape index (κ1) is 22.5. The number of carbonyl (C=O) groups is 4. The normalized spacial score (nSPS) is 17.0. The predicted molar refractivity (Wildman–Crippen MR) is 117 cm³/mol. The molecule has 0 bridgehead atoms. The van der Waals surface area contributed by atoms with Crippen LogP contribution in [0.15, 0.2) is 18.2 Å². The highest BCUT2D eigenvalue weighted by Gasteiger charge is 2.38. The van der Waals surface area contributed by atoms with Crippen LogP contribution in [0.3, 0.4) is 0 Å². The first-order valence-electron chi connectivity index (χ1n) is 10.3. The number of rotatable bonds is 6. The van der Waals surface area contributed by atoms with Crippen molar-refractivity contribution in [2.24, 2.45) is 5.92 Å². The van der Waals surface area contributed by atoms with E-state index in [1.165, 1.54) is 13.8 Å². The number of aromatic amines is 1. The van der Waals surface area contributed by atoms with Crippen molar-refractivity contribution in [3.8, 4) is 0 Å². The summed E-state index contributed by atoms with van der Waals surface area (Å²) in [6.45, 7) is 10.5. The Balaban J connectivity index is 1.71. The number of ether oxygens (including phenoxy) is 1. The van der Waals surface area contributed by atoms with Crippen LogP contribution in [0.2, 0.25) is 0 Å². The second-order valence-electron chi connectivity index (χ2n) is 8.25. The van der Waals surface area contributed by atoms with Gasteiger partial charge in [0.05, 0.1) is 11.6 Å². The zero-order valence-electron chi connectivity index (χ0n) is 18.8. The molecule has 1 saturated heterocycles. The Morgan fingerprint density at radius 1 is 1.13 bits per heavy atom. The highest BCUT2D eigenvalue weighted by atomic mass is 16.5. The van der Waals surface area contributed by atoms with Gasteiger partial charge in [0.15, 0.2) is 11.9 Å². The van der Waals surface area contributed by atoms with Crippen LogP contribution >= 0.6 is 0 Å². The summed E-state index contributed by atoms with van der Waals surface area (Å²) >= 11 is 0. The molecule has 7 heteroatoms. The maximum atomic E-state index is 12.8. The number of nitrogens with zero attached hydrogens (tertiary/aromatic N) is 1. The maximum Gasteiger partial charge on any atom is 0.312 e. The number of amides is 1. The summed E-state index contributed by atoms with van der Waals surface area (Å²) in [7, 11) is 0. The molecule has 0 radical (unpaired) electrons. The van der Waals surface area contributed by atoms with Crippen molar-refractivity contribution >= 4 is 29.1 Å². The molecule has 7 nitrogen and oxygen atoms in total. The molecule has 0 spiro atoms. The van der Waals surface area contributed by atoms with Crippen molar-refractivity contribution in [3.63, 3.8) is 0 Å². The van der Waals surface area contributed by atoms with Crippen LogP contribution in [-0.4, -0.2) is 41.1 Å². The smallest absolute Gasteiger partial charge is 0.312 e. The zero-order chi connectivity index (χ0) is 23.0. The van der Waals surface area contributed by atoms with Gasteiger partial charge in [0.25, 0.3) is 0 Å². The molecule has 1 N–H and O–H groups in total. The minimum Gasteiger partial charge on any atom is -0.454 e. The third kappa shape index (κ3) is 4.17. The monoisotopic (exact) mass is 424 g/mol. The van der Waals surface area contributed by atoms with Gasteiger partial charge in [-0.25, -0.2) is 0 Å². The van der Waals surface area contributed by atoms with E-state index >= 15 is 0 Å².